The fraction of sp³-hybridized carbons (Fsp3) is 0.556. The molecule has 25 heavy (non-hydrogen) atoms. The molecule has 7 heteroatoms. The number of rotatable bonds is 4. The minimum absolute atomic E-state index is 0.0450. The highest BCUT2D eigenvalue weighted by molar-refractivity contribution is 5.46. The number of alkyl halides is 2. The normalized spacial score (nSPS) is 18.3. The SMILES string of the molecule is Cc1ccn(-c2cc(C(C)(C)O)cc(NC3CCC(F)(F)CC3)n2)n1. The van der Waals surface area contributed by atoms with E-state index in [1.54, 1.807) is 36.9 Å². The average Bonchev–Trinajstić information content (AvgIpc) is 2.95. The quantitative estimate of drug-likeness (QED) is 0.881. The van der Waals surface area contributed by atoms with Gasteiger partial charge in [0.05, 0.1) is 11.3 Å². The predicted molar refractivity (Wildman–Crippen MR) is 92.2 cm³/mol. The van der Waals surface area contributed by atoms with E-state index in [0.717, 1.165) is 5.69 Å². The van der Waals surface area contributed by atoms with Crippen LogP contribution in [-0.4, -0.2) is 31.8 Å². The van der Waals surface area contributed by atoms with Crippen molar-refractivity contribution in [2.75, 3.05) is 5.32 Å². The van der Waals surface area contributed by atoms with Crippen molar-refractivity contribution in [1.29, 1.82) is 0 Å². The molecule has 0 unspecified atom stereocenters. The van der Waals surface area contributed by atoms with Gasteiger partial charge < -0.3 is 10.4 Å². The molecular formula is C18H24F2N4O. The van der Waals surface area contributed by atoms with Gasteiger partial charge in [0.25, 0.3) is 0 Å². The summed E-state index contributed by atoms with van der Waals surface area (Å²) in [5.41, 5.74) is 0.504. The van der Waals surface area contributed by atoms with Crippen LogP contribution in [0.2, 0.25) is 0 Å². The van der Waals surface area contributed by atoms with E-state index in [-0.39, 0.29) is 18.9 Å². The van der Waals surface area contributed by atoms with E-state index in [0.29, 0.717) is 30.0 Å². The topological polar surface area (TPSA) is 63.0 Å². The van der Waals surface area contributed by atoms with Crippen molar-refractivity contribution in [1.82, 2.24) is 14.8 Å². The third-order valence-electron chi connectivity index (χ3n) is 4.54. The zero-order valence-electron chi connectivity index (χ0n) is 14.8. The van der Waals surface area contributed by atoms with E-state index in [4.69, 9.17) is 0 Å². The number of anilines is 1. The lowest BCUT2D eigenvalue weighted by atomic mass is 9.92. The third-order valence-corrected chi connectivity index (χ3v) is 4.54. The molecule has 0 aromatic carbocycles. The Hall–Kier alpha value is -2.02. The zero-order valence-corrected chi connectivity index (χ0v) is 14.8. The maximum atomic E-state index is 13.3. The highest BCUT2D eigenvalue weighted by Crippen LogP contribution is 2.34. The minimum atomic E-state index is -2.56. The summed E-state index contributed by atoms with van der Waals surface area (Å²) in [5.74, 6) is -1.41. The van der Waals surface area contributed by atoms with Gasteiger partial charge in [-0.3, -0.25) is 0 Å². The first-order chi connectivity index (χ1) is 11.6. The van der Waals surface area contributed by atoms with Crippen LogP contribution >= 0.6 is 0 Å². The van der Waals surface area contributed by atoms with Crippen molar-refractivity contribution >= 4 is 5.82 Å². The van der Waals surface area contributed by atoms with Gasteiger partial charge in [-0.15, -0.1) is 0 Å². The number of aryl methyl sites for hydroxylation is 1. The van der Waals surface area contributed by atoms with Crippen LogP contribution in [0.4, 0.5) is 14.6 Å². The van der Waals surface area contributed by atoms with Crippen LogP contribution in [0.1, 0.15) is 50.8 Å². The van der Waals surface area contributed by atoms with E-state index in [2.05, 4.69) is 15.4 Å². The van der Waals surface area contributed by atoms with Gasteiger partial charge in [-0.1, -0.05) is 0 Å². The van der Waals surface area contributed by atoms with Crippen molar-refractivity contribution in [3.63, 3.8) is 0 Å². The molecule has 5 nitrogen and oxygen atoms in total. The summed E-state index contributed by atoms with van der Waals surface area (Å²) in [4.78, 5) is 4.55. The van der Waals surface area contributed by atoms with E-state index < -0.39 is 11.5 Å². The van der Waals surface area contributed by atoms with Gasteiger partial charge in [0.15, 0.2) is 5.82 Å². The van der Waals surface area contributed by atoms with Gasteiger partial charge >= 0.3 is 0 Å². The molecule has 0 spiro atoms. The largest absolute Gasteiger partial charge is 0.386 e. The third kappa shape index (κ3) is 4.34. The molecule has 0 atom stereocenters. The lowest BCUT2D eigenvalue weighted by Crippen LogP contribution is -2.32. The van der Waals surface area contributed by atoms with Crippen molar-refractivity contribution in [3.05, 3.63) is 35.7 Å². The first-order valence-corrected chi connectivity index (χ1v) is 8.54. The van der Waals surface area contributed by atoms with Crippen molar-refractivity contribution in [2.45, 2.75) is 64.0 Å². The smallest absolute Gasteiger partial charge is 0.248 e. The molecule has 1 saturated carbocycles. The van der Waals surface area contributed by atoms with Gasteiger partial charge in [-0.2, -0.15) is 5.10 Å². The molecule has 0 saturated heterocycles. The molecule has 3 rings (SSSR count). The van der Waals surface area contributed by atoms with Crippen LogP contribution in [0.15, 0.2) is 24.4 Å². The first kappa shape index (κ1) is 17.8. The zero-order chi connectivity index (χ0) is 18.2. The molecule has 0 aliphatic heterocycles. The van der Waals surface area contributed by atoms with E-state index in [9.17, 15) is 13.9 Å². The molecule has 2 heterocycles. The van der Waals surface area contributed by atoms with Gasteiger partial charge in [0.2, 0.25) is 5.92 Å². The van der Waals surface area contributed by atoms with Crippen molar-refractivity contribution in [3.8, 4) is 5.82 Å². The summed E-state index contributed by atoms with van der Waals surface area (Å²) >= 11 is 0. The molecule has 2 aromatic heterocycles. The molecule has 2 aromatic rings. The van der Waals surface area contributed by atoms with Crippen LogP contribution in [0.3, 0.4) is 0 Å². The summed E-state index contributed by atoms with van der Waals surface area (Å²) in [5, 5.41) is 18.0. The summed E-state index contributed by atoms with van der Waals surface area (Å²) in [6.45, 7) is 5.29. The fourth-order valence-electron chi connectivity index (χ4n) is 3.00. The van der Waals surface area contributed by atoms with Crippen LogP contribution < -0.4 is 5.32 Å². The molecule has 1 fully saturated rings. The van der Waals surface area contributed by atoms with Gasteiger partial charge in [0, 0.05) is 25.1 Å². The minimum Gasteiger partial charge on any atom is -0.386 e. The Balaban J connectivity index is 1.88. The van der Waals surface area contributed by atoms with Gasteiger partial charge in [-0.05, 0) is 57.4 Å². The van der Waals surface area contributed by atoms with E-state index in [1.165, 1.54) is 0 Å². The van der Waals surface area contributed by atoms with Crippen LogP contribution in [0, 0.1) is 6.92 Å². The van der Waals surface area contributed by atoms with Crippen molar-refractivity contribution < 1.29 is 13.9 Å². The highest BCUT2D eigenvalue weighted by Gasteiger charge is 2.35. The second kappa shape index (κ2) is 6.37. The lowest BCUT2D eigenvalue weighted by molar-refractivity contribution is -0.0361. The number of halogens is 2. The molecule has 136 valence electrons. The first-order valence-electron chi connectivity index (χ1n) is 8.54. The molecule has 0 bridgehead atoms. The van der Waals surface area contributed by atoms with Gasteiger partial charge in [-0.25, -0.2) is 18.4 Å². The van der Waals surface area contributed by atoms with E-state index in [1.807, 2.05) is 13.0 Å². The van der Waals surface area contributed by atoms with Gasteiger partial charge in [0.1, 0.15) is 5.82 Å². The number of hydrogen-bond donors (Lipinski definition) is 2. The number of pyridine rings is 1. The molecule has 0 amide bonds. The molecule has 0 radical (unpaired) electrons. The van der Waals surface area contributed by atoms with E-state index >= 15 is 0 Å². The Morgan fingerprint density at radius 1 is 1.28 bits per heavy atom. The second-order valence-electron chi connectivity index (χ2n) is 7.33. The summed E-state index contributed by atoms with van der Waals surface area (Å²) < 4.78 is 28.3. The Morgan fingerprint density at radius 2 is 1.96 bits per heavy atom. The Bertz CT molecular complexity index is 742. The summed E-state index contributed by atoms with van der Waals surface area (Å²) in [7, 11) is 0. The van der Waals surface area contributed by atoms with Crippen LogP contribution in [-0.2, 0) is 5.60 Å². The summed E-state index contributed by atoms with van der Waals surface area (Å²) in [6, 6.07) is 5.38. The standard InChI is InChI=1S/C18H24F2N4O/c1-12-6-9-24(23-12)16-11-13(17(2,3)25)10-15(22-16)21-14-4-7-18(19,20)8-5-14/h6,9-11,14,25H,4-5,7-8H2,1-3H3,(H,21,22). The number of aliphatic hydroxyl groups is 1. The highest BCUT2D eigenvalue weighted by atomic mass is 19.3. The Labute approximate surface area is 146 Å². The van der Waals surface area contributed by atoms with Crippen LogP contribution in [0.25, 0.3) is 5.82 Å². The maximum absolute atomic E-state index is 13.3. The fourth-order valence-corrected chi connectivity index (χ4v) is 3.00. The number of hydrogen-bond acceptors (Lipinski definition) is 4. The lowest BCUT2D eigenvalue weighted by Gasteiger charge is -2.29. The summed E-state index contributed by atoms with van der Waals surface area (Å²) in [6.07, 6.45) is 2.38. The molecule has 2 N–H and O–H groups in total. The maximum Gasteiger partial charge on any atom is 0.248 e. The predicted octanol–water partition coefficient (Wildman–Crippen LogP) is 3.79. The molecule has 1 aliphatic rings. The number of nitrogens with one attached hydrogen (secondary N) is 1. The number of aromatic nitrogens is 3. The second-order valence-corrected chi connectivity index (χ2v) is 7.33. The molecular weight excluding hydrogens is 326 g/mol. The number of nitrogens with zero attached hydrogens (tertiary/aromatic N) is 3. The Kier molecular flexibility index (Phi) is 4.53. The average molecular weight is 350 g/mol. The monoisotopic (exact) mass is 350 g/mol. The van der Waals surface area contributed by atoms with Crippen LogP contribution in [0.5, 0.6) is 0 Å². The Morgan fingerprint density at radius 3 is 2.52 bits per heavy atom. The van der Waals surface area contributed by atoms with Crippen molar-refractivity contribution in [2.24, 2.45) is 0 Å². The molecule has 1 aliphatic carbocycles.